The summed E-state index contributed by atoms with van der Waals surface area (Å²) in [4.78, 5) is 46.6. The molecule has 0 saturated carbocycles. The summed E-state index contributed by atoms with van der Waals surface area (Å²) in [6.45, 7) is 2.48. The number of hydrogen-bond donors (Lipinski definition) is 3. The summed E-state index contributed by atoms with van der Waals surface area (Å²) in [5.41, 5.74) is 2.92. The number of nitrogen functional groups attached to an aromatic ring is 1. The molecule has 4 amide bonds. The molecule has 41 heavy (non-hydrogen) atoms. The number of carbonyl (C=O) groups is 3. The lowest BCUT2D eigenvalue weighted by Gasteiger charge is -2.32. The fraction of sp³-hybridized carbons (Fsp3) is 0.259. The van der Waals surface area contributed by atoms with E-state index in [-0.39, 0.29) is 36.6 Å². The fourth-order valence-electron chi connectivity index (χ4n) is 4.50. The van der Waals surface area contributed by atoms with Gasteiger partial charge in [0, 0.05) is 40.2 Å². The molecule has 220 valence electrons. The maximum absolute atomic E-state index is 13.8. The number of halogens is 5. The molecule has 1 saturated heterocycles. The highest BCUT2D eigenvalue weighted by Crippen LogP contribution is 2.37. The highest BCUT2D eigenvalue weighted by molar-refractivity contribution is 9.10. The SMILES string of the molecule is C[C@@]1(Cc2ccc(Br)cc2)C(=O)N(c2cc(Cl)cc(Cl)c2)C(=O)N1CCCCNC(=O)c1ccc(NN)nc1.Cl.Cl. The zero-order valence-corrected chi connectivity index (χ0v) is 26.6. The Morgan fingerprint density at radius 1 is 1.02 bits per heavy atom. The number of pyridine rings is 1. The standard InChI is InChI=1S/C27H27BrCl2N6O3.2ClH/c1-27(15-17-4-7-19(28)8-5-17)25(38)36(22-13-20(29)12-21(30)14-22)26(39)35(27)11-3-2-10-32-24(37)18-6-9-23(34-31)33-16-18;;/h4-9,12-14,16H,2-3,10-11,15,31H2,1H3,(H,32,37)(H,33,34);2*1H/t27-;;/m1../s1. The molecule has 4 rings (SSSR count). The van der Waals surface area contributed by atoms with Crippen LogP contribution >= 0.6 is 63.9 Å². The van der Waals surface area contributed by atoms with Crippen molar-refractivity contribution < 1.29 is 14.4 Å². The number of hydrogen-bond acceptors (Lipinski definition) is 6. The van der Waals surface area contributed by atoms with E-state index < -0.39 is 11.6 Å². The van der Waals surface area contributed by atoms with Gasteiger partial charge in [0.15, 0.2) is 0 Å². The Labute approximate surface area is 269 Å². The molecular formula is C27H29BrCl4N6O3. The molecule has 9 nitrogen and oxygen atoms in total. The van der Waals surface area contributed by atoms with Gasteiger partial charge >= 0.3 is 6.03 Å². The van der Waals surface area contributed by atoms with Crippen LogP contribution in [0.25, 0.3) is 0 Å². The number of rotatable bonds is 10. The summed E-state index contributed by atoms with van der Waals surface area (Å²) in [7, 11) is 0. The molecule has 0 bridgehead atoms. The molecule has 0 spiro atoms. The molecule has 4 N–H and O–H groups in total. The molecular weight excluding hydrogens is 678 g/mol. The number of nitrogens with zero attached hydrogens (tertiary/aromatic N) is 3. The zero-order chi connectivity index (χ0) is 28.2. The van der Waals surface area contributed by atoms with Crippen LogP contribution in [0.5, 0.6) is 0 Å². The predicted molar refractivity (Wildman–Crippen MR) is 170 cm³/mol. The molecule has 1 atom stereocenters. The van der Waals surface area contributed by atoms with Crippen LogP contribution in [0.2, 0.25) is 10.0 Å². The van der Waals surface area contributed by atoms with Crippen molar-refractivity contribution in [3.05, 3.63) is 86.4 Å². The summed E-state index contributed by atoms with van der Waals surface area (Å²) in [6, 6.07) is 15.1. The van der Waals surface area contributed by atoms with Gasteiger partial charge in [-0.15, -0.1) is 24.8 Å². The number of imide groups is 1. The third kappa shape index (κ3) is 8.03. The summed E-state index contributed by atoms with van der Waals surface area (Å²) < 4.78 is 0.919. The summed E-state index contributed by atoms with van der Waals surface area (Å²) in [5.74, 6) is 5.14. The van der Waals surface area contributed by atoms with Gasteiger partial charge in [-0.25, -0.2) is 20.5 Å². The minimum absolute atomic E-state index is 0. The van der Waals surface area contributed by atoms with Crippen LogP contribution in [-0.2, 0) is 11.2 Å². The van der Waals surface area contributed by atoms with Crippen molar-refractivity contribution in [3.8, 4) is 0 Å². The average Bonchev–Trinajstić information content (AvgIpc) is 3.09. The number of carbonyl (C=O) groups excluding carboxylic acids is 3. The fourth-order valence-corrected chi connectivity index (χ4v) is 5.28. The van der Waals surface area contributed by atoms with Crippen molar-refractivity contribution in [3.63, 3.8) is 0 Å². The molecule has 0 radical (unpaired) electrons. The molecule has 1 fully saturated rings. The topological polar surface area (TPSA) is 121 Å². The first-order valence-corrected chi connectivity index (χ1v) is 13.7. The van der Waals surface area contributed by atoms with Crippen LogP contribution in [0, 0.1) is 0 Å². The number of nitrogens with one attached hydrogen (secondary N) is 2. The third-order valence-electron chi connectivity index (χ3n) is 6.52. The molecule has 1 aliphatic rings. The molecule has 1 aromatic heterocycles. The molecule has 2 heterocycles. The number of anilines is 2. The zero-order valence-electron chi connectivity index (χ0n) is 21.9. The van der Waals surface area contributed by atoms with Gasteiger partial charge in [-0.1, -0.05) is 51.3 Å². The number of hydrazine groups is 1. The quantitative estimate of drug-likeness (QED) is 0.0991. The van der Waals surface area contributed by atoms with Gasteiger partial charge in [-0.2, -0.15) is 0 Å². The second-order valence-corrected chi connectivity index (χ2v) is 11.1. The number of benzene rings is 2. The van der Waals surface area contributed by atoms with Crippen molar-refractivity contribution in [2.24, 2.45) is 5.84 Å². The second-order valence-electron chi connectivity index (χ2n) is 9.32. The van der Waals surface area contributed by atoms with E-state index >= 15 is 0 Å². The molecule has 0 unspecified atom stereocenters. The molecule has 1 aliphatic heterocycles. The minimum atomic E-state index is -1.13. The van der Waals surface area contributed by atoms with Crippen molar-refractivity contribution in [2.45, 2.75) is 31.7 Å². The van der Waals surface area contributed by atoms with Crippen LogP contribution in [-0.4, -0.2) is 46.4 Å². The van der Waals surface area contributed by atoms with Crippen molar-refractivity contribution in [1.82, 2.24) is 15.2 Å². The van der Waals surface area contributed by atoms with E-state index in [2.05, 4.69) is 31.7 Å². The molecule has 0 aliphatic carbocycles. The number of aromatic nitrogens is 1. The Kier molecular flexibility index (Phi) is 12.7. The van der Waals surface area contributed by atoms with E-state index in [1.807, 2.05) is 24.3 Å². The van der Waals surface area contributed by atoms with Crippen LogP contribution in [0.3, 0.4) is 0 Å². The van der Waals surface area contributed by atoms with Gasteiger partial charge in [0.25, 0.3) is 11.8 Å². The van der Waals surface area contributed by atoms with Crippen molar-refractivity contribution in [2.75, 3.05) is 23.4 Å². The molecule has 3 aromatic rings. The number of urea groups is 1. The average molecular weight is 707 g/mol. The second kappa shape index (κ2) is 15.0. The Morgan fingerprint density at radius 2 is 1.68 bits per heavy atom. The number of amides is 4. The Morgan fingerprint density at radius 3 is 2.27 bits per heavy atom. The summed E-state index contributed by atoms with van der Waals surface area (Å²) in [5, 5.41) is 3.50. The number of unbranched alkanes of at least 4 members (excludes halogenated alkanes) is 1. The summed E-state index contributed by atoms with van der Waals surface area (Å²) in [6.07, 6.45) is 2.92. The van der Waals surface area contributed by atoms with E-state index in [0.29, 0.717) is 59.5 Å². The first kappa shape index (κ1) is 34.6. The highest BCUT2D eigenvalue weighted by atomic mass is 79.9. The van der Waals surface area contributed by atoms with Gasteiger partial charge in [0.2, 0.25) is 0 Å². The van der Waals surface area contributed by atoms with Gasteiger partial charge < -0.3 is 15.6 Å². The lowest BCUT2D eigenvalue weighted by molar-refractivity contribution is -0.124. The normalized spacial score (nSPS) is 16.2. The van der Waals surface area contributed by atoms with Crippen LogP contribution in [0.1, 0.15) is 35.7 Å². The third-order valence-corrected chi connectivity index (χ3v) is 7.48. The van der Waals surface area contributed by atoms with Gasteiger partial charge in [0.1, 0.15) is 11.4 Å². The van der Waals surface area contributed by atoms with Crippen LogP contribution < -0.4 is 21.5 Å². The van der Waals surface area contributed by atoms with Crippen LogP contribution in [0.15, 0.2) is 65.3 Å². The maximum atomic E-state index is 13.8. The number of nitrogens with two attached hydrogens (primary N) is 1. The van der Waals surface area contributed by atoms with E-state index in [1.165, 1.54) is 6.20 Å². The van der Waals surface area contributed by atoms with E-state index in [1.54, 1.807) is 42.2 Å². The molecule has 2 aromatic carbocycles. The van der Waals surface area contributed by atoms with Gasteiger partial charge in [-0.3, -0.25) is 9.59 Å². The lowest BCUT2D eigenvalue weighted by atomic mass is 9.91. The minimum Gasteiger partial charge on any atom is -0.352 e. The molecule has 14 heteroatoms. The lowest BCUT2D eigenvalue weighted by Crippen LogP contribution is -2.49. The predicted octanol–water partition coefficient (Wildman–Crippen LogP) is 6.26. The van der Waals surface area contributed by atoms with E-state index in [4.69, 9.17) is 29.0 Å². The van der Waals surface area contributed by atoms with Crippen LogP contribution in [0.4, 0.5) is 16.3 Å². The van der Waals surface area contributed by atoms with E-state index in [9.17, 15) is 14.4 Å². The first-order chi connectivity index (χ1) is 18.6. The van der Waals surface area contributed by atoms with Gasteiger partial charge in [0.05, 0.1) is 11.3 Å². The smallest absolute Gasteiger partial charge is 0.332 e. The largest absolute Gasteiger partial charge is 0.352 e. The Balaban J connectivity index is 0.00000294. The van der Waals surface area contributed by atoms with E-state index in [0.717, 1.165) is 14.9 Å². The van der Waals surface area contributed by atoms with Crippen molar-refractivity contribution >= 4 is 93.3 Å². The Hall–Kier alpha value is -2.60. The Bertz CT molecular complexity index is 1360. The first-order valence-electron chi connectivity index (χ1n) is 12.2. The highest BCUT2D eigenvalue weighted by Gasteiger charge is 2.54. The van der Waals surface area contributed by atoms with Gasteiger partial charge in [-0.05, 0) is 67.8 Å². The maximum Gasteiger partial charge on any atom is 0.332 e. The van der Waals surface area contributed by atoms with Crippen molar-refractivity contribution in [1.29, 1.82) is 0 Å². The summed E-state index contributed by atoms with van der Waals surface area (Å²) >= 11 is 15.8. The monoisotopic (exact) mass is 704 g/mol.